The van der Waals surface area contributed by atoms with Gasteiger partial charge in [0.1, 0.15) is 0 Å². The molecule has 0 atom stereocenters. The summed E-state index contributed by atoms with van der Waals surface area (Å²) in [6.45, 7) is 0. The Hall–Kier alpha value is -1.14. The second-order valence-corrected chi connectivity index (χ2v) is 2.96. The molecule has 0 saturated heterocycles. The van der Waals surface area contributed by atoms with E-state index in [1.165, 1.54) is 0 Å². The van der Waals surface area contributed by atoms with E-state index in [0.29, 0.717) is 11.1 Å². The van der Waals surface area contributed by atoms with Crippen LogP contribution in [0.15, 0.2) is 36.4 Å². The summed E-state index contributed by atoms with van der Waals surface area (Å²) in [4.78, 5) is 0. The Morgan fingerprint density at radius 2 is 1.19 bits per heavy atom. The maximum absolute atomic E-state index is 7.16. The Morgan fingerprint density at radius 1 is 0.750 bits per heavy atom. The van der Waals surface area contributed by atoms with Crippen LogP contribution >= 0.6 is 0 Å². The molecule has 0 bridgehead atoms. The van der Waals surface area contributed by atoms with Gasteiger partial charge >= 0.3 is 34.1 Å². The summed E-state index contributed by atoms with van der Waals surface area (Å²) in [5.41, 5.74) is 1.41. The summed E-state index contributed by atoms with van der Waals surface area (Å²) in [5.74, 6) is 4.74. The van der Waals surface area contributed by atoms with Crippen LogP contribution in [0.25, 0.3) is 10.8 Å². The van der Waals surface area contributed by atoms with Gasteiger partial charge in [0.05, 0.1) is 0 Å². The van der Waals surface area contributed by atoms with Crippen LogP contribution in [0.3, 0.4) is 0 Å². The largest absolute Gasteiger partial charge is 1.00 e. The van der Waals surface area contributed by atoms with Gasteiger partial charge < -0.3 is 12.8 Å². The normalized spacial score (nSPS) is 8.12. The molecule has 0 fully saturated rings. The predicted molar refractivity (Wildman–Crippen MR) is 56.4 cm³/mol. The summed E-state index contributed by atoms with van der Waals surface area (Å²) in [6, 6.07) is 11.3. The fourth-order valence-electron chi connectivity index (χ4n) is 1.55. The van der Waals surface area contributed by atoms with Crippen molar-refractivity contribution in [2.45, 2.75) is 0 Å². The van der Waals surface area contributed by atoms with E-state index in [1.54, 1.807) is 0 Å². The summed E-state index contributed by atoms with van der Waals surface area (Å²) < 4.78 is 0. The van der Waals surface area contributed by atoms with Gasteiger partial charge in [0.25, 0.3) is 0 Å². The zero-order valence-electron chi connectivity index (χ0n) is 8.07. The van der Waals surface area contributed by atoms with E-state index in [4.69, 9.17) is 12.8 Å². The van der Waals surface area contributed by atoms with Crippen LogP contribution in [0.4, 0.5) is 0 Å². The Labute approximate surface area is 117 Å². The van der Waals surface area contributed by atoms with Crippen LogP contribution in [-0.2, 0) is 34.1 Å². The topological polar surface area (TPSA) is 0 Å². The Kier molecular flexibility index (Phi) is 5.98. The average molecular weight is 301 g/mol. The Balaban J connectivity index is 0.00000112. The molecule has 0 amide bonds. The van der Waals surface area contributed by atoms with Gasteiger partial charge in [0.15, 0.2) is 0 Å². The van der Waals surface area contributed by atoms with Crippen molar-refractivity contribution in [3.8, 4) is 11.8 Å². The zero-order valence-corrected chi connectivity index (χ0v) is 9.95. The smallest absolute Gasteiger partial charge is 0.366 e. The minimum Gasteiger partial charge on any atom is -0.366 e. The van der Waals surface area contributed by atoms with Gasteiger partial charge in [-0.1, -0.05) is 29.7 Å². The molecule has 16 heavy (non-hydrogen) atoms. The Bertz CT molecular complexity index is 523. The fraction of sp³-hybridized carbons (Fsp3) is 0. The van der Waals surface area contributed by atoms with Crippen molar-refractivity contribution in [2.24, 2.45) is 0 Å². The van der Waals surface area contributed by atoms with Gasteiger partial charge in [-0.25, -0.2) is 0 Å². The molecule has 0 spiro atoms. The number of fused-ring (bicyclic) bond motifs is 1. The van der Waals surface area contributed by atoms with E-state index in [9.17, 15) is 0 Å². The molecule has 2 heteroatoms. The van der Waals surface area contributed by atoms with Crippen LogP contribution in [0.1, 0.15) is 11.1 Å². The van der Waals surface area contributed by atoms with E-state index < -0.39 is 0 Å². The molecule has 0 aliphatic carbocycles. The van der Waals surface area contributed by atoms with E-state index >= 15 is 0 Å². The monoisotopic (exact) mass is 300 g/mol. The van der Waals surface area contributed by atoms with Crippen LogP contribution in [-0.4, -0.2) is 0 Å². The molecule has 0 radical (unpaired) electrons. The summed E-state index contributed by atoms with van der Waals surface area (Å²) in [5, 5.41) is 1.89. The third-order valence-corrected chi connectivity index (χ3v) is 2.17. The molecule has 0 N–H and O–H groups in total. The Morgan fingerprint density at radius 3 is 1.56 bits per heavy atom. The van der Waals surface area contributed by atoms with E-state index in [1.807, 2.05) is 36.4 Å². The molecule has 2 rings (SSSR count). The SMILES string of the molecule is [C-]#Cc1cccc2cccc(C#[C-])c12.[Cu+].[Cu+]. The third kappa shape index (κ3) is 2.51. The quantitative estimate of drug-likeness (QED) is 0.399. The second-order valence-electron chi connectivity index (χ2n) is 2.96. The molecule has 0 aliphatic rings. The molecule has 0 nitrogen and oxygen atoms in total. The van der Waals surface area contributed by atoms with Crippen molar-refractivity contribution >= 4 is 10.8 Å². The molecular formula is C14H6Cu2. The van der Waals surface area contributed by atoms with Crippen molar-refractivity contribution in [3.63, 3.8) is 0 Å². The predicted octanol–water partition coefficient (Wildman–Crippen LogP) is 2.71. The first-order chi connectivity index (χ1) is 6.86. The zero-order chi connectivity index (χ0) is 9.97. The molecule has 0 saturated carbocycles. The summed E-state index contributed by atoms with van der Waals surface area (Å²) in [7, 11) is 0. The first kappa shape index (κ1) is 14.9. The van der Waals surface area contributed by atoms with Crippen LogP contribution in [0.2, 0.25) is 0 Å². The van der Waals surface area contributed by atoms with Crippen LogP contribution < -0.4 is 0 Å². The first-order valence-corrected chi connectivity index (χ1v) is 4.24. The summed E-state index contributed by atoms with van der Waals surface area (Å²) >= 11 is 0. The number of rotatable bonds is 0. The van der Waals surface area contributed by atoms with Gasteiger partial charge in [0, 0.05) is 0 Å². The first-order valence-electron chi connectivity index (χ1n) is 4.24. The molecule has 2 aromatic rings. The number of benzene rings is 2. The van der Waals surface area contributed by atoms with Crippen molar-refractivity contribution in [2.75, 3.05) is 0 Å². The van der Waals surface area contributed by atoms with E-state index in [-0.39, 0.29) is 34.1 Å². The number of hydrogen-bond acceptors (Lipinski definition) is 0. The van der Waals surface area contributed by atoms with Gasteiger partial charge in [-0.2, -0.15) is 5.39 Å². The molecule has 0 aromatic heterocycles. The van der Waals surface area contributed by atoms with Crippen LogP contribution in [0, 0.1) is 24.7 Å². The molecule has 0 aliphatic heterocycles. The summed E-state index contributed by atoms with van der Waals surface area (Å²) in [6.07, 6.45) is 14.3. The maximum Gasteiger partial charge on any atom is 1.00 e. The van der Waals surface area contributed by atoms with Gasteiger partial charge in [-0.15, -0.1) is 23.3 Å². The van der Waals surface area contributed by atoms with Crippen molar-refractivity contribution < 1.29 is 34.1 Å². The van der Waals surface area contributed by atoms with Gasteiger partial charge in [0.2, 0.25) is 0 Å². The molecule has 84 valence electrons. The van der Waals surface area contributed by atoms with Crippen molar-refractivity contribution in [3.05, 3.63) is 60.4 Å². The second kappa shape index (κ2) is 6.44. The number of hydrogen-bond donors (Lipinski definition) is 0. The molecule has 0 heterocycles. The maximum atomic E-state index is 7.16. The van der Waals surface area contributed by atoms with Gasteiger partial charge in [-0.3, -0.25) is 11.8 Å². The van der Waals surface area contributed by atoms with Gasteiger partial charge in [-0.05, 0) is 0 Å². The molecule has 2 aromatic carbocycles. The third-order valence-electron chi connectivity index (χ3n) is 2.17. The molecular weight excluding hydrogens is 295 g/mol. The minimum absolute atomic E-state index is 0. The van der Waals surface area contributed by atoms with Crippen molar-refractivity contribution in [1.29, 1.82) is 0 Å². The van der Waals surface area contributed by atoms with Crippen molar-refractivity contribution in [1.82, 2.24) is 0 Å². The average Bonchev–Trinajstić information content (AvgIpc) is 2.27. The van der Waals surface area contributed by atoms with Crippen LogP contribution in [0.5, 0.6) is 0 Å². The molecule has 0 unspecified atom stereocenters. The minimum atomic E-state index is 0. The van der Waals surface area contributed by atoms with E-state index in [2.05, 4.69) is 11.8 Å². The fourth-order valence-corrected chi connectivity index (χ4v) is 1.55. The standard InChI is InChI=1S/C14H6.2Cu/c1-3-11-7-5-9-13-10-6-8-12(4-2)14(11)13;;/h5-10H;;/q-2;2*+1. The van der Waals surface area contributed by atoms with E-state index in [0.717, 1.165) is 10.8 Å².